The third kappa shape index (κ3) is 5.60. The van der Waals surface area contributed by atoms with Gasteiger partial charge in [-0.25, -0.2) is 4.99 Å². The lowest BCUT2D eigenvalue weighted by atomic mass is 9.64. The first-order chi connectivity index (χ1) is 28.1. The first kappa shape index (κ1) is 34.2. The number of rotatable bonds is 7. The first-order valence-electron chi connectivity index (χ1n) is 19.6. The van der Waals surface area contributed by atoms with Gasteiger partial charge in [0.1, 0.15) is 0 Å². The third-order valence-electron chi connectivity index (χ3n) is 11.7. The van der Waals surface area contributed by atoms with Gasteiger partial charge in [-0.1, -0.05) is 195 Å². The van der Waals surface area contributed by atoms with Crippen LogP contribution in [0.15, 0.2) is 229 Å². The van der Waals surface area contributed by atoms with E-state index in [1.165, 1.54) is 55.9 Å². The van der Waals surface area contributed by atoms with Crippen LogP contribution in [-0.4, -0.2) is 5.71 Å². The largest absolute Gasteiger partial charge is 0.310 e. The molecule has 0 saturated heterocycles. The van der Waals surface area contributed by atoms with Gasteiger partial charge in [0.15, 0.2) is 0 Å². The molecule has 0 aromatic heterocycles. The molecule has 0 atom stereocenters. The molecule has 0 fully saturated rings. The molecule has 1 aliphatic heterocycles. The summed E-state index contributed by atoms with van der Waals surface area (Å²) in [6.45, 7) is 6.94. The molecule has 0 amide bonds. The zero-order valence-electron chi connectivity index (χ0n) is 31.8. The summed E-state index contributed by atoms with van der Waals surface area (Å²) in [7, 11) is 0. The molecule has 8 aromatic carbocycles. The third-order valence-corrected chi connectivity index (χ3v) is 11.7. The zero-order chi connectivity index (χ0) is 38.3. The highest BCUT2D eigenvalue weighted by atomic mass is 15.2. The Hall–Kier alpha value is -7.29. The highest BCUT2D eigenvalue weighted by Gasteiger charge is 2.52. The Morgan fingerprint density at radius 1 is 0.439 bits per heavy atom. The van der Waals surface area contributed by atoms with Crippen molar-refractivity contribution in [2.45, 2.75) is 12.3 Å². The van der Waals surface area contributed by atoms with Crippen molar-refractivity contribution in [3.8, 4) is 22.3 Å². The summed E-state index contributed by atoms with van der Waals surface area (Å²) in [4.78, 5) is 7.98. The van der Waals surface area contributed by atoms with Crippen molar-refractivity contribution in [2.24, 2.45) is 4.99 Å². The summed E-state index contributed by atoms with van der Waals surface area (Å²) < 4.78 is 0. The van der Waals surface area contributed by atoms with Gasteiger partial charge < -0.3 is 4.90 Å². The van der Waals surface area contributed by atoms with E-state index < -0.39 is 5.41 Å². The highest BCUT2D eigenvalue weighted by molar-refractivity contribution is 6.35. The molecule has 0 unspecified atom stereocenters. The van der Waals surface area contributed by atoms with Gasteiger partial charge in [-0.15, -0.1) is 0 Å². The van der Waals surface area contributed by atoms with Crippen LogP contribution in [0.3, 0.4) is 0 Å². The second-order valence-electron chi connectivity index (χ2n) is 14.8. The molecule has 1 spiro atoms. The average Bonchev–Trinajstić information content (AvgIpc) is 3.54. The van der Waals surface area contributed by atoms with E-state index in [9.17, 15) is 0 Å². The highest BCUT2D eigenvalue weighted by Crippen LogP contribution is 2.62. The van der Waals surface area contributed by atoms with Crippen LogP contribution in [0.25, 0.3) is 33.5 Å². The van der Waals surface area contributed by atoms with E-state index in [0.29, 0.717) is 0 Å². The van der Waals surface area contributed by atoms with Crippen LogP contribution in [0.1, 0.15) is 40.3 Å². The van der Waals surface area contributed by atoms with Crippen LogP contribution in [-0.2, 0) is 5.41 Å². The van der Waals surface area contributed by atoms with E-state index in [1.54, 1.807) is 0 Å². The minimum atomic E-state index is -0.562. The lowest BCUT2D eigenvalue weighted by Crippen LogP contribution is -2.36. The second kappa shape index (κ2) is 14.1. The predicted molar refractivity (Wildman–Crippen MR) is 239 cm³/mol. The van der Waals surface area contributed by atoms with Crippen molar-refractivity contribution in [1.29, 1.82) is 0 Å². The molecular weight excluding hydrogens is 689 g/mol. The number of fused-ring (bicyclic) bond motifs is 6. The van der Waals surface area contributed by atoms with Gasteiger partial charge >= 0.3 is 0 Å². The molecular formula is C55H40N2. The summed E-state index contributed by atoms with van der Waals surface area (Å²) in [6, 6.07) is 76.1. The van der Waals surface area contributed by atoms with E-state index in [4.69, 9.17) is 4.99 Å². The molecule has 2 nitrogen and oxygen atoms in total. The Morgan fingerprint density at radius 3 is 1.40 bits per heavy atom. The summed E-state index contributed by atoms with van der Waals surface area (Å²) in [5.74, 6) is 0. The Kier molecular flexibility index (Phi) is 8.46. The lowest BCUT2D eigenvalue weighted by Gasteiger charge is -2.45. The summed E-state index contributed by atoms with van der Waals surface area (Å²) >= 11 is 0. The topological polar surface area (TPSA) is 15.6 Å². The number of hydrogen-bond acceptors (Lipinski definition) is 2. The molecule has 1 heterocycles. The van der Waals surface area contributed by atoms with Gasteiger partial charge in [0.25, 0.3) is 0 Å². The molecule has 270 valence electrons. The normalized spacial score (nSPS) is 13.9. The molecule has 10 rings (SSSR count). The van der Waals surface area contributed by atoms with E-state index in [2.05, 4.69) is 225 Å². The van der Waals surface area contributed by atoms with Gasteiger partial charge in [-0.2, -0.15) is 0 Å². The number of hydrogen-bond donors (Lipinski definition) is 0. The molecule has 1 aliphatic carbocycles. The lowest BCUT2D eigenvalue weighted by molar-refractivity contribution is 0.729. The number of anilines is 3. The van der Waals surface area contributed by atoms with Gasteiger partial charge in [0.05, 0.1) is 28.2 Å². The average molecular weight is 729 g/mol. The van der Waals surface area contributed by atoms with Gasteiger partial charge in [-0.05, 0) is 86.8 Å². The van der Waals surface area contributed by atoms with E-state index in [1.807, 2.05) is 6.07 Å². The molecule has 0 saturated carbocycles. The fourth-order valence-electron chi connectivity index (χ4n) is 9.12. The van der Waals surface area contributed by atoms with Crippen LogP contribution >= 0.6 is 0 Å². The smallest absolute Gasteiger partial charge is 0.0787 e. The Labute approximate surface area is 335 Å². The van der Waals surface area contributed by atoms with Crippen molar-refractivity contribution < 1.29 is 0 Å². The second-order valence-corrected chi connectivity index (χ2v) is 14.8. The van der Waals surface area contributed by atoms with Crippen LogP contribution in [0.4, 0.5) is 17.1 Å². The number of benzene rings is 8. The van der Waals surface area contributed by atoms with Crippen LogP contribution in [0, 0.1) is 0 Å². The van der Waals surface area contributed by atoms with E-state index in [-0.39, 0.29) is 0 Å². The van der Waals surface area contributed by atoms with Crippen molar-refractivity contribution in [1.82, 2.24) is 0 Å². The minimum Gasteiger partial charge on any atom is -0.310 e. The Balaban J connectivity index is 1.20. The number of aliphatic imine (C=N–C) groups is 1. The molecule has 57 heavy (non-hydrogen) atoms. The minimum absolute atomic E-state index is 0.562. The monoisotopic (exact) mass is 728 g/mol. The van der Waals surface area contributed by atoms with Crippen molar-refractivity contribution in [3.63, 3.8) is 0 Å². The van der Waals surface area contributed by atoms with E-state index in [0.717, 1.165) is 39.4 Å². The Morgan fingerprint density at radius 2 is 0.860 bits per heavy atom. The molecule has 2 heteroatoms. The predicted octanol–water partition coefficient (Wildman–Crippen LogP) is 14.1. The van der Waals surface area contributed by atoms with E-state index >= 15 is 0 Å². The fraction of sp³-hybridized carbons (Fsp3) is 0.0364. The van der Waals surface area contributed by atoms with Gasteiger partial charge in [-0.3, -0.25) is 0 Å². The van der Waals surface area contributed by atoms with Crippen LogP contribution in [0.2, 0.25) is 0 Å². The Bertz CT molecular complexity index is 2780. The van der Waals surface area contributed by atoms with Crippen molar-refractivity contribution >= 4 is 34.0 Å². The summed E-state index contributed by atoms with van der Waals surface area (Å²) in [5, 5.41) is 0. The SMILES string of the molecule is C=C(/N=C(\C1=C(C)C2(c3ccccc31)c1ccccc1N(c1ccccc1)c1ccccc12)c1ccc(-c2ccccc2)cc1)c1ccc(-c2ccccc2)cc1. The summed E-state index contributed by atoms with van der Waals surface area (Å²) in [5.41, 5.74) is 18.6. The van der Waals surface area contributed by atoms with Crippen LogP contribution < -0.4 is 4.90 Å². The van der Waals surface area contributed by atoms with Crippen molar-refractivity contribution in [3.05, 3.63) is 258 Å². The molecule has 8 aromatic rings. The standard InChI is InChI=1S/C55H40N2/c1-38-53(47-24-12-13-25-48(47)55(38)49-26-14-16-28-51(49)57(46-22-10-5-11-23-46)52-29-17-15-27-50(52)55)54(45-36-34-44(35-37-45)42-20-8-4-9-21-42)56-39(2)40-30-32-43(33-31-40)41-18-6-3-7-19-41/h3-37H,2H2,1H3/b56-54-. The maximum Gasteiger partial charge on any atom is 0.0787 e. The molecule has 0 bridgehead atoms. The molecule has 0 radical (unpaired) electrons. The maximum atomic E-state index is 5.56. The first-order valence-corrected chi connectivity index (χ1v) is 19.6. The fourth-order valence-corrected chi connectivity index (χ4v) is 9.12. The number of nitrogens with zero attached hydrogens (tertiary/aromatic N) is 2. The van der Waals surface area contributed by atoms with Crippen molar-refractivity contribution in [2.75, 3.05) is 4.90 Å². The zero-order valence-corrected chi connectivity index (χ0v) is 31.8. The van der Waals surface area contributed by atoms with Gasteiger partial charge in [0.2, 0.25) is 0 Å². The maximum absolute atomic E-state index is 5.56. The quantitative estimate of drug-likeness (QED) is 0.149. The van der Waals surface area contributed by atoms with Crippen LogP contribution in [0.5, 0.6) is 0 Å². The number of para-hydroxylation sites is 3. The molecule has 2 aliphatic rings. The summed E-state index contributed by atoms with van der Waals surface area (Å²) in [6.07, 6.45) is 0. The van der Waals surface area contributed by atoms with Gasteiger partial charge in [0, 0.05) is 16.8 Å². The molecule has 0 N–H and O–H groups in total. The number of allylic oxidation sites excluding steroid dienone is 2.